The van der Waals surface area contributed by atoms with E-state index in [-0.39, 0.29) is 11.4 Å². The molecule has 0 spiro atoms. The zero-order chi connectivity index (χ0) is 20.1. The van der Waals surface area contributed by atoms with E-state index in [4.69, 9.17) is 0 Å². The molecule has 0 bridgehead atoms. The van der Waals surface area contributed by atoms with E-state index in [0.29, 0.717) is 0 Å². The average Bonchev–Trinajstić information content (AvgIpc) is 2.69. The second-order valence-electron chi connectivity index (χ2n) is 8.69. The van der Waals surface area contributed by atoms with Gasteiger partial charge in [0, 0.05) is 38.4 Å². The maximum atomic E-state index is 12.5. The van der Waals surface area contributed by atoms with Gasteiger partial charge in [-0.15, -0.1) is 0 Å². The molecule has 1 fully saturated rings. The summed E-state index contributed by atoms with van der Waals surface area (Å²) >= 11 is 0. The van der Waals surface area contributed by atoms with E-state index < -0.39 is 0 Å². The first kappa shape index (κ1) is 20.4. The van der Waals surface area contributed by atoms with E-state index in [9.17, 15) is 4.79 Å². The van der Waals surface area contributed by atoms with Crippen molar-refractivity contribution in [2.45, 2.75) is 46.1 Å². The lowest BCUT2D eigenvalue weighted by molar-refractivity contribution is 0.143. The van der Waals surface area contributed by atoms with E-state index >= 15 is 0 Å². The average molecular weight is 380 g/mol. The van der Waals surface area contributed by atoms with Gasteiger partial charge >= 0.3 is 6.03 Å². The lowest BCUT2D eigenvalue weighted by atomic mass is 9.87. The second-order valence-corrected chi connectivity index (χ2v) is 8.69. The second kappa shape index (κ2) is 8.78. The minimum absolute atomic E-state index is 0.00146. The number of carbonyl (C=O) groups is 1. The zero-order valence-corrected chi connectivity index (χ0v) is 17.7. The summed E-state index contributed by atoms with van der Waals surface area (Å²) < 4.78 is 0. The molecular weight excluding hydrogens is 346 g/mol. The summed E-state index contributed by atoms with van der Waals surface area (Å²) in [4.78, 5) is 16.8. The summed E-state index contributed by atoms with van der Waals surface area (Å²) in [7, 11) is 0. The van der Waals surface area contributed by atoms with Crippen LogP contribution >= 0.6 is 0 Å². The number of nitrogens with zero attached hydrogens (tertiary/aromatic N) is 2. The summed E-state index contributed by atoms with van der Waals surface area (Å²) in [5.74, 6) is 0. The summed E-state index contributed by atoms with van der Waals surface area (Å²) in [6.07, 6.45) is 1.01. The van der Waals surface area contributed by atoms with Crippen LogP contribution in [0.5, 0.6) is 0 Å². The van der Waals surface area contributed by atoms with Crippen LogP contribution in [0.4, 0.5) is 10.5 Å². The molecule has 150 valence electrons. The number of benzene rings is 2. The molecule has 0 atom stereocenters. The minimum Gasteiger partial charge on any atom is -0.322 e. The standard InChI is InChI=1S/C24H33N3O/c1-5-19-8-12-22(13-9-19)25-23(28)27-16-14-26(15-17-27)18-20-6-10-21(11-7-20)24(2,3)4/h6-13H,5,14-18H2,1-4H3,(H,25,28). The zero-order valence-electron chi connectivity index (χ0n) is 17.7. The maximum absolute atomic E-state index is 12.5. The molecule has 2 aromatic carbocycles. The quantitative estimate of drug-likeness (QED) is 0.820. The van der Waals surface area contributed by atoms with Crippen LogP contribution < -0.4 is 5.32 Å². The number of carbonyl (C=O) groups excluding carboxylic acids is 1. The highest BCUT2D eigenvalue weighted by atomic mass is 16.2. The van der Waals surface area contributed by atoms with Crippen molar-refractivity contribution in [2.24, 2.45) is 0 Å². The van der Waals surface area contributed by atoms with E-state index in [1.165, 1.54) is 16.7 Å². The van der Waals surface area contributed by atoms with Crippen molar-refractivity contribution in [1.29, 1.82) is 0 Å². The predicted molar refractivity (Wildman–Crippen MR) is 117 cm³/mol. The van der Waals surface area contributed by atoms with Gasteiger partial charge in [-0.25, -0.2) is 4.79 Å². The SMILES string of the molecule is CCc1ccc(NC(=O)N2CCN(Cc3ccc(C(C)(C)C)cc3)CC2)cc1. The van der Waals surface area contributed by atoms with Crippen LogP contribution in [0.3, 0.4) is 0 Å². The van der Waals surface area contributed by atoms with Gasteiger partial charge in [0.1, 0.15) is 0 Å². The summed E-state index contributed by atoms with van der Waals surface area (Å²) in [5, 5.41) is 3.02. The van der Waals surface area contributed by atoms with Crippen molar-refractivity contribution < 1.29 is 4.79 Å². The van der Waals surface area contributed by atoms with E-state index in [1.54, 1.807) is 0 Å². The number of anilines is 1. The van der Waals surface area contributed by atoms with E-state index in [2.05, 4.69) is 74.3 Å². The first-order valence-electron chi connectivity index (χ1n) is 10.3. The number of nitrogens with one attached hydrogen (secondary N) is 1. The Kier molecular flexibility index (Phi) is 6.40. The lowest BCUT2D eigenvalue weighted by Gasteiger charge is -2.34. The molecule has 28 heavy (non-hydrogen) atoms. The highest BCUT2D eigenvalue weighted by Crippen LogP contribution is 2.22. The van der Waals surface area contributed by atoms with Gasteiger partial charge in [0.15, 0.2) is 0 Å². The van der Waals surface area contributed by atoms with Crippen molar-refractivity contribution in [2.75, 3.05) is 31.5 Å². The Morgan fingerprint density at radius 1 is 0.893 bits per heavy atom. The Bertz CT molecular complexity index is 767. The third-order valence-corrected chi connectivity index (χ3v) is 5.50. The monoisotopic (exact) mass is 379 g/mol. The molecule has 2 amide bonds. The largest absolute Gasteiger partial charge is 0.322 e. The summed E-state index contributed by atoms with van der Waals surface area (Å²) in [5.41, 5.74) is 5.03. The van der Waals surface area contributed by atoms with Gasteiger partial charge in [-0.3, -0.25) is 4.90 Å². The molecular formula is C24H33N3O. The number of urea groups is 1. The van der Waals surface area contributed by atoms with Crippen LogP contribution in [0, 0.1) is 0 Å². The molecule has 2 aromatic rings. The van der Waals surface area contributed by atoms with Gasteiger partial charge < -0.3 is 10.2 Å². The molecule has 0 saturated carbocycles. The number of aryl methyl sites for hydroxylation is 1. The fourth-order valence-electron chi connectivity index (χ4n) is 3.50. The van der Waals surface area contributed by atoms with Crippen LogP contribution in [0.1, 0.15) is 44.4 Å². The number of piperazine rings is 1. The normalized spacial score (nSPS) is 15.5. The highest BCUT2D eigenvalue weighted by Gasteiger charge is 2.21. The Hall–Kier alpha value is -2.33. The molecule has 1 heterocycles. The number of amides is 2. The molecule has 0 aromatic heterocycles. The molecule has 4 nitrogen and oxygen atoms in total. The fourth-order valence-corrected chi connectivity index (χ4v) is 3.50. The van der Waals surface area contributed by atoms with Crippen molar-refractivity contribution in [3.63, 3.8) is 0 Å². The molecule has 0 radical (unpaired) electrons. The van der Waals surface area contributed by atoms with Gasteiger partial charge in [0.2, 0.25) is 0 Å². The third-order valence-electron chi connectivity index (χ3n) is 5.50. The Labute approximate surface area is 169 Å². The molecule has 1 N–H and O–H groups in total. The van der Waals surface area contributed by atoms with Gasteiger partial charge in [0.05, 0.1) is 0 Å². The lowest BCUT2D eigenvalue weighted by Crippen LogP contribution is -2.49. The molecule has 0 aliphatic carbocycles. The fraction of sp³-hybridized carbons (Fsp3) is 0.458. The minimum atomic E-state index is -0.00146. The Balaban J connectivity index is 1.47. The highest BCUT2D eigenvalue weighted by molar-refractivity contribution is 5.89. The predicted octanol–water partition coefficient (Wildman–Crippen LogP) is 4.90. The topological polar surface area (TPSA) is 35.6 Å². The van der Waals surface area contributed by atoms with Crippen molar-refractivity contribution >= 4 is 11.7 Å². The molecule has 3 rings (SSSR count). The number of hydrogen-bond donors (Lipinski definition) is 1. The molecule has 4 heteroatoms. The van der Waals surface area contributed by atoms with Crippen LogP contribution in [-0.2, 0) is 18.4 Å². The van der Waals surface area contributed by atoms with E-state index in [0.717, 1.165) is 44.8 Å². The maximum Gasteiger partial charge on any atom is 0.321 e. The van der Waals surface area contributed by atoms with Crippen molar-refractivity contribution in [1.82, 2.24) is 9.80 Å². The number of rotatable bonds is 4. The van der Waals surface area contributed by atoms with Gasteiger partial charge in [0.25, 0.3) is 0 Å². The van der Waals surface area contributed by atoms with Crippen LogP contribution in [0.15, 0.2) is 48.5 Å². The van der Waals surface area contributed by atoms with Crippen molar-refractivity contribution in [3.8, 4) is 0 Å². The third kappa shape index (κ3) is 5.35. The van der Waals surface area contributed by atoms with E-state index in [1.807, 2.05) is 17.0 Å². The molecule has 0 unspecified atom stereocenters. The summed E-state index contributed by atoms with van der Waals surface area (Å²) in [6, 6.07) is 17.0. The first-order chi connectivity index (χ1) is 13.3. The molecule has 1 aliphatic rings. The van der Waals surface area contributed by atoms with Gasteiger partial charge in [-0.2, -0.15) is 0 Å². The van der Waals surface area contributed by atoms with Crippen LogP contribution in [0.25, 0.3) is 0 Å². The van der Waals surface area contributed by atoms with Crippen LogP contribution in [-0.4, -0.2) is 42.0 Å². The molecule has 1 saturated heterocycles. The van der Waals surface area contributed by atoms with Crippen LogP contribution in [0.2, 0.25) is 0 Å². The number of hydrogen-bond acceptors (Lipinski definition) is 2. The Morgan fingerprint density at radius 3 is 2.00 bits per heavy atom. The van der Waals surface area contributed by atoms with Gasteiger partial charge in [-0.05, 0) is 40.7 Å². The summed E-state index contributed by atoms with van der Waals surface area (Å²) in [6.45, 7) is 13.1. The van der Waals surface area contributed by atoms with Gasteiger partial charge in [-0.1, -0.05) is 64.1 Å². The van der Waals surface area contributed by atoms with Crippen molar-refractivity contribution in [3.05, 3.63) is 65.2 Å². The first-order valence-corrected chi connectivity index (χ1v) is 10.3. The Morgan fingerprint density at radius 2 is 1.46 bits per heavy atom. The smallest absolute Gasteiger partial charge is 0.321 e. The molecule has 1 aliphatic heterocycles.